The number of benzene rings is 1. The Morgan fingerprint density at radius 1 is 1.05 bits per heavy atom. The normalized spacial score (nSPS) is 37.1. The van der Waals surface area contributed by atoms with Crippen molar-refractivity contribution in [2.75, 3.05) is 6.61 Å². The number of hydrogen-bond acceptors (Lipinski definition) is 8. The minimum absolute atomic E-state index is 0.0404. The Balaban J connectivity index is 1.60. The van der Waals surface area contributed by atoms with Gasteiger partial charge in [0.25, 0.3) is 0 Å². The number of rotatable bonds is 8. The van der Waals surface area contributed by atoms with Crippen molar-refractivity contribution in [2.45, 2.75) is 97.1 Å². The molecule has 5 rings (SSSR count). The molecule has 4 aliphatic rings. The molecule has 3 fully saturated rings. The number of allylic oxidation sites excluding steroid dienone is 1. The van der Waals surface area contributed by atoms with Gasteiger partial charge in [-0.05, 0) is 61.2 Å². The van der Waals surface area contributed by atoms with Crippen molar-refractivity contribution in [3.8, 4) is 0 Å². The molecule has 3 aliphatic carbocycles. The van der Waals surface area contributed by atoms with Crippen LogP contribution in [0, 0.1) is 29.1 Å². The van der Waals surface area contributed by atoms with E-state index >= 15 is 0 Å². The summed E-state index contributed by atoms with van der Waals surface area (Å²) in [6, 6.07) is 9.34. The zero-order chi connectivity index (χ0) is 31.2. The van der Waals surface area contributed by atoms with Crippen LogP contribution >= 0.6 is 0 Å². The van der Waals surface area contributed by atoms with Gasteiger partial charge in [-0.1, -0.05) is 64.1 Å². The van der Waals surface area contributed by atoms with Crippen molar-refractivity contribution in [3.05, 3.63) is 53.6 Å². The first-order valence-electron chi connectivity index (χ1n) is 15.6. The average molecular weight is 593 g/mol. The largest absolute Gasteiger partial charge is 0.465 e. The maximum absolute atomic E-state index is 14.7. The van der Waals surface area contributed by atoms with E-state index in [1.54, 1.807) is 26.8 Å². The van der Waals surface area contributed by atoms with Gasteiger partial charge in [0.05, 0.1) is 24.2 Å². The minimum atomic E-state index is -1.68. The molecular formula is C35H44O8. The third-order valence-electron chi connectivity index (χ3n) is 10.2. The molecule has 1 aliphatic heterocycles. The molecule has 1 saturated heterocycles. The van der Waals surface area contributed by atoms with E-state index in [-0.39, 0.29) is 43.0 Å². The van der Waals surface area contributed by atoms with E-state index < -0.39 is 53.2 Å². The van der Waals surface area contributed by atoms with Gasteiger partial charge in [0.15, 0.2) is 5.60 Å². The number of carbonyl (C=O) groups excluding carboxylic acids is 4. The zero-order valence-corrected chi connectivity index (χ0v) is 26.1. The lowest BCUT2D eigenvalue weighted by Gasteiger charge is -2.35. The second kappa shape index (κ2) is 11.7. The molecule has 0 aromatic heterocycles. The highest BCUT2D eigenvalue weighted by molar-refractivity contribution is 6.04. The number of ether oxygens (including phenoxy) is 4. The Kier molecular flexibility index (Phi) is 8.47. The second-order valence-corrected chi connectivity index (χ2v) is 13.4. The van der Waals surface area contributed by atoms with E-state index in [4.69, 9.17) is 18.9 Å². The second-order valence-electron chi connectivity index (χ2n) is 13.4. The number of fused-ring (bicyclic) bond motifs is 4. The molecule has 0 N–H and O–H groups in total. The summed E-state index contributed by atoms with van der Waals surface area (Å²) in [6.45, 7) is 11.6. The van der Waals surface area contributed by atoms with Gasteiger partial charge in [-0.25, -0.2) is 4.79 Å². The molecule has 2 saturated carbocycles. The standard InChI is InChI=1S/C35H44O8/c1-7-26(36)40-20-23-19-35(42-28(38)15-14-22-12-10-9-11-13-22)29(30(23)41-27(37)8-2)32-34(6,43-32)17-16-24-25(33(24,4)5)18-21(3)31(35)39/h9-15,18,23-25,29-30,32H,7-8,16-17,19-20H2,1-6H3/b15-14+,21-18-/t23-,24+,25-,29-,30+,32-,34-,35-/m1/s1. The zero-order valence-electron chi connectivity index (χ0n) is 26.1. The van der Waals surface area contributed by atoms with Crippen LogP contribution in [0.25, 0.3) is 6.08 Å². The van der Waals surface area contributed by atoms with Crippen LogP contribution in [0.4, 0.5) is 0 Å². The first-order valence-corrected chi connectivity index (χ1v) is 15.6. The summed E-state index contributed by atoms with van der Waals surface area (Å²) in [5, 5.41) is 0. The lowest BCUT2D eigenvalue weighted by Crippen LogP contribution is -2.52. The van der Waals surface area contributed by atoms with Crippen molar-refractivity contribution in [1.29, 1.82) is 0 Å². The highest BCUT2D eigenvalue weighted by Gasteiger charge is 2.73. The molecule has 0 unspecified atom stereocenters. The van der Waals surface area contributed by atoms with E-state index in [0.717, 1.165) is 18.4 Å². The van der Waals surface area contributed by atoms with E-state index in [2.05, 4.69) is 13.8 Å². The van der Waals surface area contributed by atoms with Crippen LogP contribution in [0.15, 0.2) is 48.1 Å². The molecule has 1 heterocycles. The SMILES string of the molecule is CCC(=O)OC[C@H]1C[C@]2(OC(=O)/C=C/c3ccccc3)C(=O)/C(C)=C\[C@@H]3[C@H](CC[C@@]4(C)O[C@@H]4[C@H]2[C@H]1OC(=O)CC)C3(C)C. The summed E-state index contributed by atoms with van der Waals surface area (Å²) in [7, 11) is 0. The van der Waals surface area contributed by atoms with E-state index in [9.17, 15) is 19.2 Å². The maximum Gasteiger partial charge on any atom is 0.331 e. The predicted octanol–water partition coefficient (Wildman–Crippen LogP) is 5.63. The summed E-state index contributed by atoms with van der Waals surface area (Å²) < 4.78 is 24.3. The van der Waals surface area contributed by atoms with Crippen LogP contribution in [0.3, 0.4) is 0 Å². The molecule has 43 heavy (non-hydrogen) atoms. The van der Waals surface area contributed by atoms with E-state index in [1.165, 1.54) is 6.08 Å². The highest BCUT2D eigenvalue weighted by atomic mass is 16.6. The number of hydrogen-bond donors (Lipinski definition) is 0. The van der Waals surface area contributed by atoms with Crippen LogP contribution in [0.1, 0.15) is 79.2 Å². The van der Waals surface area contributed by atoms with Crippen LogP contribution in [0.2, 0.25) is 0 Å². The van der Waals surface area contributed by atoms with E-state index in [1.807, 2.05) is 43.3 Å². The molecule has 0 bridgehead atoms. The van der Waals surface area contributed by atoms with Crippen molar-refractivity contribution < 1.29 is 38.1 Å². The fourth-order valence-electron chi connectivity index (χ4n) is 7.52. The molecule has 8 nitrogen and oxygen atoms in total. The third kappa shape index (κ3) is 5.95. The molecule has 232 valence electrons. The first kappa shape index (κ1) is 31.2. The lowest BCUT2D eigenvalue weighted by molar-refractivity contribution is -0.172. The van der Waals surface area contributed by atoms with Crippen LogP contribution in [-0.4, -0.2) is 53.7 Å². The Morgan fingerprint density at radius 3 is 2.42 bits per heavy atom. The van der Waals surface area contributed by atoms with Crippen molar-refractivity contribution in [3.63, 3.8) is 0 Å². The maximum atomic E-state index is 14.7. The first-order chi connectivity index (χ1) is 20.4. The molecule has 8 atom stereocenters. The summed E-state index contributed by atoms with van der Waals surface area (Å²) in [6.07, 6.45) is 5.72. The molecule has 0 spiro atoms. The van der Waals surface area contributed by atoms with Crippen LogP contribution in [-0.2, 0) is 38.1 Å². The van der Waals surface area contributed by atoms with Crippen LogP contribution in [0.5, 0.6) is 0 Å². The fourth-order valence-corrected chi connectivity index (χ4v) is 7.52. The van der Waals surface area contributed by atoms with E-state index in [0.29, 0.717) is 11.5 Å². The third-order valence-corrected chi connectivity index (χ3v) is 10.2. The number of esters is 3. The Labute approximate surface area is 254 Å². The fraction of sp³-hybridized carbons (Fsp3) is 0.600. The van der Waals surface area contributed by atoms with Gasteiger partial charge in [-0.2, -0.15) is 0 Å². The molecule has 8 heteroatoms. The topological polar surface area (TPSA) is 108 Å². The summed E-state index contributed by atoms with van der Waals surface area (Å²) in [5.41, 5.74) is -0.877. The monoisotopic (exact) mass is 592 g/mol. The smallest absolute Gasteiger partial charge is 0.331 e. The summed E-state index contributed by atoms with van der Waals surface area (Å²) in [5.74, 6) is -2.55. The van der Waals surface area contributed by atoms with Gasteiger partial charge in [-0.3, -0.25) is 14.4 Å². The van der Waals surface area contributed by atoms with Gasteiger partial charge < -0.3 is 18.9 Å². The highest BCUT2D eigenvalue weighted by Crippen LogP contribution is 2.65. The Hall–Kier alpha value is -3.26. The number of Topliss-reactive ketones (excluding diaryl/α,β-unsaturated/α-hetero) is 1. The quantitative estimate of drug-likeness (QED) is 0.165. The van der Waals surface area contributed by atoms with Crippen molar-refractivity contribution in [2.24, 2.45) is 29.1 Å². The van der Waals surface area contributed by atoms with Gasteiger partial charge in [-0.15, -0.1) is 0 Å². The van der Waals surface area contributed by atoms with Crippen molar-refractivity contribution in [1.82, 2.24) is 0 Å². The number of carbonyl (C=O) groups is 4. The predicted molar refractivity (Wildman–Crippen MR) is 159 cm³/mol. The van der Waals surface area contributed by atoms with Gasteiger partial charge in [0.2, 0.25) is 5.78 Å². The molecule has 0 radical (unpaired) electrons. The van der Waals surface area contributed by atoms with Gasteiger partial charge in [0, 0.05) is 31.3 Å². The molecule has 1 aromatic carbocycles. The minimum Gasteiger partial charge on any atom is -0.465 e. The Bertz CT molecular complexity index is 1330. The van der Waals surface area contributed by atoms with Gasteiger partial charge in [0.1, 0.15) is 6.10 Å². The summed E-state index contributed by atoms with van der Waals surface area (Å²) in [4.78, 5) is 53.2. The summed E-state index contributed by atoms with van der Waals surface area (Å²) >= 11 is 0. The van der Waals surface area contributed by atoms with Crippen LogP contribution < -0.4 is 0 Å². The molecule has 0 amide bonds. The average Bonchev–Trinajstić information content (AvgIpc) is 3.75. The lowest BCUT2D eigenvalue weighted by atomic mass is 9.77. The Morgan fingerprint density at radius 2 is 1.74 bits per heavy atom. The van der Waals surface area contributed by atoms with Gasteiger partial charge >= 0.3 is 17.9 Å². The molecular weight excluding hydrogens is 548 g/mol. The number of ketones is 1. The van der Waals surface area contributed by atoms with Crippen molar-refractivity contribution >= 4 is 29.8 Å². The molecule has 1 aromatic rings. The number of epoxide rings is 1.